The number of rotatable bonds is 0. The molecule has 1 amide bonds. The maximum Gasteiger partial charge on any atom is 0.410 e. The SMILES string of the molecule is CC(C)(C)OC(=O)N1CC(F)(F)OC2(CCNCC2)C1. The van der Waals surface area contributed by atoms with Crippen molar-refractivity contribution >= 4 is 6.09 Å². The molecule has 2 fully saturated rings. The highest BCUT2D eigenvalue weighted by atomic mass is 19.3. The summed E-state index contributed by atoms with van der Waals surface area (Å²) in [6.45, 7) is 5.75. The number of halogens is 2. The number of nitrogens with one attached hydrogen (secondary N) is 1. The summed E-state index contributed by atoms with van der Waals surface area (Å²) in [6, 6.07) is 0. The van der Waals surface area contributed by atoms with Gasteiger partial charge in [0.05, 0.1) is 12.1 Å². The summed E-state index contributed by atoms with van der Waals surface area (Å²) in [5, 5.41) is 3.11. The van der Waals surface area contributed by atoms with Crippen LogP contribution in [0.15, 0.2) is 0 Å². The van der Waals surface area contributed by atoms with Crippen LogP contribution in [-0.2, 0) is 9.47 Å². The van der Waals surface area contributed by atoms with Crippen molar-refractivity contribution in [1.82, 2.24) is 10.2 Å². The van der Waals surface area contributed by atoms with Gasteiger partial charge in [0, 0.05) is 0 Å². The Morgan fingerprint density at radius 1 is 1.25 bits per heavy atom. The maximum atomic E-state index is 13.8. The third-order valence-electron chi connectivity index (χ3n) is 3.39. The van der Waals surface area contributed by atoms with Crippen molar-refractivity contribution in [3.8, 4) is 0 Å². The van der Waals surface area contributed by atoms with Gasteiger partial charge in [-0.25, -0.2) is 4.79 Å². The minimum atomic E-state index is -3.33. The Balaban J connectivity index is 2.11. The predicted molar refractivity (Wildman–Crippen MR) is 68.7 cm³/mol. The lowest BCUT2D eigenvalue weighted by Crippen LogP contribution is -2.63. The van der Waals surface area contributed by atoms with Crippen LogP contribution in [0.2, 0.25) is 0 Å². The lowest BCUT2D eigenvalue weighted by molar-refractivity contribution is -0.330. The van der Waals surface area contributed by atoms with Gasteiger partial charge in [-0.05, 0) is 46.7 Å². The van der Waals surface area contributed by atoms with Crippen molar-refractivity contribution in [3.05, 3.63) is 0 Å². The number of nitrogens with zero attached hydrogens (tertiary/aromatic N) is 1. The zero-order valence-corrected chi connectivity index (χ0v) is 12.2. The van der Waals surface area contributed by atoms with E-state index in [-0.39, 0.29) is 6.54 Å². The molecule has 2 saturated heterocycles. The molecule has 1 spiro atoms. The average Bonchev–Trinajstić information content (AvgIpc) is 2.25. The van der Waals surface area contributed by atoms with E-state index in [0.717, 1.165) is 4.90 Å². The average molecular weight is 292 g/mol. The number of hydrogen-bond acceptors (Lipinski definition) is 4. The fraction of sp³-hybridized carbons (Fsp3) is 0.923. The third kappa shape index (κ3) is 3.79. The minimum Gasteiger partial charge on any atom is -0.444 e. The Hall–Kier alpha value is -0.950. The van der Waals surface area contributed by atoms with E-state index in [2.05, 4.69) is 5.32 Å². The molecule has 2 rings (SSSR count). The van der Waals surface area contributed by atoms with Crippen LogP contribution >= 0.6 is 0 Å². The van der Waals surface area contributed by atoms with Crippen LogP contribution in [-0.4, -0.2) is 54.5 Å². The van der Waals surface area contributed by atoms with Gasteiger partial charge in [0.25, 0.3) is 0 Å². The number of piperidine rings is 1. The first-order valence-electron chi connectivity index (χ1n) is 6.88. The van der Waals surface area contributed by atoms with Gasteiger partial charge >= 0.3 is 12.2 Å². The molecule has 2 heterocycles. The summed E-state index contributed by atoms with van der Waals surface area (Å²) in [4.78, 5) is 13.1. The van der Waals surface area contributed by atoms with E-state index < -0.39 is 29.9 Å². The molecule has 0 saturated carbocycles. The molecule has 7 heteroatoms. The van der Waals surface area contributed by atoms with Crippen molar-refractivity contribution in [3.63, 3.8) is 0 Å². The molecule has 0 aliphatic carbocycles. The topological polar surface area (TPSA) is 50.8 Å². The van der Waals surface area contributed by atoms with Crippen molar-refractivity contribution < 1.29 is 23.0 Å². The Kier molecular flexibility index (Phi) is 3.94. The molecule has 0 aromatic rings. The van der Waals surface area contributed by atoms with E-state index >= 15 is 0 Å². The van der Waals surface area contributed by atoms with Gasteiger partial charge in [0.2, 0.25) is 0 Å². The minimum absolute atomic E-state index is 0.152. The van der Waals surface area contributed by atoms with Crippen LogP contribution in [0.3, 0.4) is 0 Å². The summed E-state index contributed by atoms with van der Waals surface area (Å²) in [7, 11) is 0. The molecule has 5 nitrogen and oxygen atoms in total. The Bertz CT molecular complexity index is 376. The van der Waals surface area contributed by atoms with Crippen LogP contribution in [0, 0.1) is 0 Å². The first-order valence-corrected chi connectivity index (χ1v) is 6.88. The van der Waals surface area contributed by atoms with Gasteiger partial charge in [-0.15, -0.1) is 0 Å². The second-order valence-corrected chi connectivity index (χ2v) is 6.51. The molecule has 2 aliphatic rings. The highest BCUT2D eigenvalue weighted by Crippen LogP contribution is 2.37. The van der Waals surface area contributed by atoms with E-state index in [1.165, 1.54) is 0 Å². The summed E-state index contributed by atoms with van der Waals surface area (Å²) in [6.07, 6.45) is -3.12. The zero-order chi connectivity index (χ0) is 15.0. The number of carbonyl (C=O) groups excluding carboxylic acids is 1. The third-order valence-corrected chi connectivity index (χ3v) is 3.39. The summed E-state index contributed by atoms with van der Waals surface area (Å²) < 4.78 is 37.7. The quantitative estimate of drug-likeness (QED) is 0.741. The lowest BCUT2D eigenvalue weighted by atomic mass is 9.90. The van der Waals surface area contributed by atoms with Gasteiger partial charge in [-0.1, -0.05) is 0 Å². The zero-order valence-electron chi connectivity index (χ0n) is 12.2. The predicted octanol–water partition coefficient (Wildman–Crippen LogP) is 1.97. The molecule has 0 bridgehead atoms. The van der Waals surface area contributed by atoms with Crippen molar-refractivity contribution in [2.75, 3.05) is 26.2 Å². The number of morpholine rings is 1. The van der Waals surface area contributed by atoms with Crippen molar-refractivity contribution in [2.45, 2.75) is 50.9 Å². The van der Waals surface area contributed by atoms with Crippen LogP contribution in [0.5, 0.6) is 0 Å². The second-order valence-electron chi connectivity index (χ2n) is 6.51. The molecule has 0 aromatic carbocycles. The highest BCUT2D eigenvalue weighted by Gasteiger charge is 2.52. The first-order chi connectivity index (χ1) is 9.11. The largest absolute Gasteiger partial charge is 0.444 e. The van der Waals surface area contributed by atoms with Crippen LogP contribution in [0.4, 0.5) is 13.6 Å². The fourth-order valence-corrected chi connectivity index (χ4v) is 2.61. The van der Waals surface area contributed by atoms with Gasteiger partial charge in [-0.2, -0.15) is 8.78 Å². The Labute approximate surface area is 117 Å². The van der Waals surface area contributed by atoms with Crippen LogP contribution < -0.4 is 5.32 Å². The van der Waals surface area contributed by atoms with E-state index in [4.69, 9.17) is 9.47 Å². The van der Waals surface area contributed by atoms with Gasteiger partial charge in [0.15, 0.2) is 0 Å². The van der Waals surface area contributed by atoms with Gasteiger partial charge < -0.3 is 14.8 Å². The lowest BCUT2D eigenvalue weighted by Gasteiger charge is -2.47. The molecule has 2 aliphatic heterocycles. The summed E-state index contributed by atoms with van der Waals surface area (Å²) in [5.74, 6) is 0. The monoisotopic (exact) mass is 292 g/mol. The maximum absolute atomic E-state index is 13.8. The molecular formula is C13H22F2N2O3. The first kappa shape index (κ1) is 15.4. The summed E-state index contributed by atoms with van der Waals surface area (Å²) in [5.41, 5.74) is -1.67. The Morgan fingerprint density at radius 2 is 1.85 bits per heavy atom. The fourth-order valence-electron chi connectivity index (χ4n) is 2.61. The van der Waals surface area contributed by atoms with Gasteiger partial charge in [-0.3, -0.25) is 4.90 Å². The molecular weight excluding hydrogens is 270 g/mol. The molecule has 20 heavy (non-hydrogen) atoms. The van der Waals surface area contributed by atoms with Crippen LogP contribution in [0.25, 0.3) is 0 Å². The molecule has 1 N–H and O–H groups in total. The normalized spacial score (nSPS) is 25.6. The number of amides is 1. The Morgan fingerprint density at radius 3 is 2.40 bits per heavy atom. The van der Waals surface area contributed by atoms with E-state index in [9.17, 15) is 13.6 Å². The number of alkyl halides is 2. The second kappa shape index (κ2) is 5.11. The van der Waals surface area contributed by atoms with Crippen molar-refractivity contribution in [2.24, 2.45) is 0 Å². The standard InChI is InChI=1S/C13H22F2N2O3/c1-11(2,3)19-10(18)17-8-12(4-6-16-7-5-12)20-13(14,15)9-17/h16H,4-9H2,1-3H3. The van der Waals surface area contributed by atoms with Crippen molar-refractivity contribution in [1.29, 1.82) is 0 Å². The molecule has 0 unspecified atom stereocenters. The van der Waals surface area contributed by atoms with E-state index in [1.807, 2.05) is 0 Å². The number of ether oxygens (including phenoxy) is 2. The number of carbonyl (C=O) groups is 1. The molecule has 0 aromatic heterocycles. The van der Waals surface area contributed by atoms with E-state index in [1.54, 1.807) is 20.8 Å². The molecule has 0 radical (unpaired) electrons. The summed E-state index contributed by atoms with van der Waals surface area (Å²) >= 11 is 0. The number of hydrogen-bond donors (Lipinski definition) is 1. The highest BCUT2D eigenvalue weighted by molar-refractivity contribution is 5.68. The van der Waals surface area contributed by atoms with Crippen LogP contribution in [0.1, 0.15) is 33.6 Å². The van der Waals surface area contributed by atoms with E-state index in [0.29, 0.717) is 25.9 Å². The smallest absolute Gasteiger partial charge is 0.410 e. The molecule has 0 atom stereocenters. The molecule has 116 valence electrons. The van der Waals surface area contributed by atoms with Gasteiger partial charge in [0.1, 0.15) is 12.1 Å².